The van der Waals surface area contributed by atoms with Gasteiger partial charge in [-0.2, -0.15) is 0 Å². The van der Waals surface area contributed by atoms with Gasteiger partial charge in [-0.3, -0.25) is 57.7 Å². The first-order valence-corrected chi connectivity index (χ1v) is 25.6. The Morgan fingerprint density at radius 1 is 0.427 bits per heavy atom. The molecule has 0 aromatic carbocycles. The number of hydrogen-bond acceptors (Lipinski definition) is 19. The molecule has 0 fully saturated rings. The molecule has 75 heavy (non-hydrogen) atoms. The van der Waals surface area contributed by atoms with E-state index in [9.17, 15) is 47.9 Å². The summed E-state index contributed by atoms with van der Waals surface area (Å²) in [5.41, 5.74) is -0.532. The summed E-state index contributed by atoms with van der Waals surface area (Å²) in [7, 11) is 0. The highest BCUT2D eigenvalue weighted by molar-refractivity contribution is 6.13. The van der Waals surface area contributed by atoms with Crippen molar-refractivity contribution in [2.45, 2.75) is 96.6 Å². The maximum atomic E-state index is 13.3. The molecule has 0 spiro atoms. The minimum absolute atomic E-state index is 0.00203. The number of carbonyl (C=O) groups excluding carboxylic acids is 10. The van der Waals surface area contributed by atoms with Gasteiger partial charge in [-0.15, -0.1) is 0 Å². The Bertz CT molecular complexity index is 1800. The highest BCUT2D eigenvalue weighted by Crippen LogP contribution is 2.10. The van der Waals surface area contributed by atoms with Crippen LogP contribution < -0.4 is 21.3 Å². The summed E-state index contributed by atoms with van der Waals surface area (Å²) in [5.74, 6) is -3.46. The van der Waals surface area contributed by atoms with Gasteiger partial charge in [-0.1, -0.05) is 0 Å². The largest absolute Gasteiger partial charge is 0.460 e. The van der Waals surface area contributed by atoms with E-state index in [1.807, 2.05) is 0 Å². The van der Waals surface area contributed by atoms with E-state index in [1.54, 1.807) is 20.8 Å². The van der Waals surface area contributed by atoms with Crippen LogP contribution in [0.5, 0.6) is 0 Å². The first-order chi connectivity index (χ1) is 36.1. The minimum Gasteiger partial charge on any atom is -0.460 e. The number of rotatable bonds is 47. The summed E-state index contributed by atoms with van der Waals surface area (Å²) in [6.45, 7) is 10.4. The van der Waals surface area contributed by atoms with Gasteiger partial charge in [0.15, 0.2) is 5.78 Å². The lowest BCUT2D eigenvalue weighted by molar-refractivity contribution is -0.156. The van der Waals surface area contributed by atoms with E-state index in [0.717, 1.165) is 34.1 Å². The van der Waals surface area contributed by atoms with Crippen molar-refractivity contribution < 1.29 is 90.6 Å². The normalized spacial score (nSPS) is 13.7. The number of carbonyl (C=O) groups is 10. The fourth-order valence-corrected chi connectivity index (χ4v) is 6.61. The van der Waals surface area contributed by atoms with Crippen molar-refractivity contribution in [3.8, 4) is 0 Å². The zero-order valence-corrected chi connectivity index (χ0v) is 44.0. The Labute approximate surface area is 439 Å². The van der Waals surface area contributed by atoms with E-state index in [-0.39, 0.29) is 160 Å². The Kier molecular flexibility index (Phi) is 35.6. The molecule has 424 valence electrons. The quantitative estimate of drug-likeness (QED) is 0.0343. The van der Waals surface area contributed by atoms with Gasteiger partial charge in [-0.25, -0.2) is 0 Å². The molecule has 0 aliphatic carbocycles. The van der Waals surface area contributed by atoms with Crippen LogP contribution in [-0.2, 0) is 90.6 Å². The lowest BCUT2D eigenvalue weighted by Crippen LogP contribution is -2.41. The molecule has 25 heteroatoms. The Morgan fingerprint density at radius 3 is 1.25 bits per heavy atom. The predicted octanol–water partition coefficient (Wildman–Crippen LogP) is -0.386. The maximum Gasteiger partial charge on any atom is 0.308 e. The van der Waals surface area contributed by atoms with E-state index in [4.69, 9.17) is 42.6 Å². The van der Waals surface area contributed by atoms with Gasteiger partial charge in [0.05, 0.1) is 112 Å². The molecule has 4 N–H and O–H groups in total. The van der Waals surface area contributed by atoms with E-state index >= 15 is 0 Å². The zero-order chi connectivity index (χ0) is 54.9. The van der Waals surface area contributed by atoms with Crippen molar-refractivity contribution in [1.29, 1.82) is 0 Å². The molecule has 0 bridgehead atoms. The number of unbranched alkanes of at least 4 members (excludes halogenated alkanes) is 1. The number of ether oxygens (including phenoxy) is 9. The van der Waals surface area contributed by atoms with E-state index in [1.165, 1.54) is 0 Å². The molecule has 0 saturated carbocycles. The summed E-state index contributed by atoms with van der Waals surface area (Å²) in [6.07, 6.45) is 6.98. The van der Waals surface area contributed by atoms with Crippen LogP contribution in [-0.4, -0.2) is 219 Å². The predicted molar refractivity (Wildman–Crippen MR) is 266 cm³/mol. The average Bonchev–Trinajstić information content (AvgIpc) is 3.86. The molecule has 0 radical (unpaired) electrons. The molecule has 0 unspecified atom stereocenters. The van der Waals surface area contributed by atoms with Crippen LogP contribution in [0, 0.1) is 0 Å². The number of hydrogen-bond donors (Lipinski definition) is 4. The SMILES string of the molecule is CC(C)(C)OC(=O)CCOCCOCCOCCOCCCC(=O)[C@H](CCCCNC(=O)CCOCCOCCNC(=O)CCN1C(=O)C=CC1=O)NC(=O)CCOCCOCCNC(=O)CCN1C(=O)C=CC1=O. The van der Waals surface area contributed by atoms with Crippen LogP contribution in [0.2, 0.25) is 0 Å². The number of nitrogens with zero attached hydrogens (tertiary/aromatic N) is 2. The first-order valence-electron chi connectivity index (χ1n) is 25.6. The van der Waals surface area contributed by atoms with Crippen LogP contribution in [0.25, 0.3) is 0 Å². The standard InChI is InChI=1S/C50H80N6O19/c1-50(2,3)75-49(66)17-26-70-32-36-74-38-37-73-35-29-67-23-6-8-40(57)39(54-44(61)16-25-69-31-34-72-28-20-53-42(59)14-22-56-47(64)11-12-48(56)65)7-4-5-18-51-43(60)15-24-68-30-33-71-27-19-52-41(58)13-21-55-45(62)9-10-46(55)63/h9-12,39H,4-8,13-38H2,1-3H3,(H,51,60)(H,52,58)(H,53,59)(H,54,61)/t39-/m0/s1. The van der Waals surface area contributed by atoms with Crippen LogP contribution >= 0.6 is 0 Å². The lowest BCUT2D eigenvalue weighted by Gasteiger charge is -2.19. The molecule has 2 aliphatic heterocycles. The third-order valence-corrected chi connectivity index (χ3v) is 10.4. The summed E-state index contributed by atoms with van der Waals surface area (Å²) in [6, 6.07) is -0.748. The summed E-state index contributed by atoms with van der Waals surface area (Å²) in [5, 5.41) is 11.0. The fraction of sp³-hybridized carbons (Fsp3) is 0.720. The number of amides is 8. The second-order valence-corrected chi connectivity index (χ2v) is 17.8. The van der Waals surface area contributed by atoms with Gasteiger partial charge in [-0.05, 0) is 46.5 Å². The number of imide groups is 2. The van der Waals surface area contributed by atoms with Gasteiger partial charge in [0.1, 0.15) is 5.60 Å². The molecule has 1 atom stereocenters. The Morgan fingerprint density at radius 2 is 0.800 bits per heavy atom. The second-order valence-electron chi connectivity index (χ2n) is 17.8. The second kappa shape index (κ2) is 40.7. The van der Waals surface area contributed by atoms with E-state index < -0.39 is 35.3 Å². The van der Waals surface area contributed by atoms with Gasteiger partial charge >= 0.3 is 5.97 Å². The van der Waals surface area contributed by atoms with Crippen molar-refractivity contribution in [2.75, 3.05) is 138 Å². The number of Topliss-reactive ketones (excluding diaryl/α,β-unsaturated/α-hetero) is 1. The van der Waals surface area contributed by atoms with Crippen molar-refractivity contribution in [3.05, 3.63) is 24.3 Å². The van der Waals surface area contributed by atoms with Gasteiger partial charge < -0.3 is 63.9 Å². The molecular formula is C50H80N6O19. The molecule has 0 aromatic rings. The Hall–Kier alpha value is -5.54. The highest BCUT2D eigenvalue weighted by atomic mass is 16.6. The average molecular weight is 1070 g/mol. The smallest absolute Gasteiger partial charge is 0.308 e. The van der Waals surface area contributed by atoms with Gasteiger partial charge in [0.2, 0.25) is 23.6 Å². The molecular weight excluding hydrogens is 989 g/mol. The topological polar surface area (TPSA) is 308 Å². The molecule has 2 aliphatic rings. The zero-order valence-electron chi connectivity index (χ0n) is 44.0. The van der Waals surface area contributed by atoms with Crippen LogP contribution in [0.1, 0.15) is 85.0 Å². The van der Waals surface area contributed by atoms with Crippen LogP contribution in [0.3, 0.4) is 0 Å². The summed E-state index contributed by atoms with van der Waals surface area (Å²) in [4.78, 5) is 123. The molecule has 8 amide bonds. The van der Waals surface area contributed by atoms with E-state index in [2.05, 4.69) is 21.3 Å². The summed E-state index contributed by atoms with van der Waals surface area (Å²) < 4.78 is 49.1. The first kappa shape index (κ1) is 65.6. The van der Waals surface area contributed by atoms with Crippen molar-refractivity contribution in [1.82, 2.24) is 31.1 Å². The minimum atomic E-state index is -0.748. The van der Waals surface area contributed by atoms with Crippen LogP contribution in [0.15, 0.2) is 24.3 Å². The maximum absolute atomic E-state index is 13.3. The highest BCUT2D eigenvalue weighted by Gasteiger charge is 2.25. The lowest BCUT2D eigenvalue weighted by atomic mass is 10.0. The van der Waals surface area contributed by atoms with Crippen molar-refractivity contribution in [2.24, 2.45) is 0 Å². The van der Waals surface area contributed by atoms with Gasteiger partial charge in [0, 0.05) is 95.7 Å². The molecule has 0 aromatic heterocycles. The third kappa shape index (κ3) is 34.6. The summed E-state index contributed by atoms with van der Waals surface area (Å²) >= 11 is 0. The molecule has 2 rings (SSSR count). The van der Waals surface area contributed by atoms with E-state index in [0.29, 0.717) is 78.5 Å². The fourth-order valence-electron chi connectivity index (χ4n) is 6.61. The molecule has 0 saturated heterocycles. The Balaban J connectivity index is 1.58. The van der Waals surface area contributed by atoms with Crippen LogP contribution in [0.4, 0.5) is 0 Å². The van der Waals surface area contributed by atoms with Crippen molar-refractivity contribution in [3.63, 3.8) is 0 Å². The molecule has 2 heterocycles. The number of esters is 1. The van der Waals surface area contributed by atoms with Gasteiger partial charge in [0.25, 0.3) is 23.6 Å². The monoisotopic (exact) mass is 1070 g/mol. The third-order valence-electron chi connectivity index (χ3n) is 10.4. The van der Waals surface area contributed by atoms with Crippen molar-refractivity contribution >= 4 is 59.0 Å². The number of ketones is 1. The number of nitrogens with one attached hydrogen (secondary N) is 4. The molecule has 25 nitrogen and oxygen atoms in total.